The van der Waals surface area contributed by atoms with Crippen LogP contribution in [0.2, 0.25) is 15.1 Å². The van der Waals surface area contributed by atoms with Gasteiger partial charge in [0.25, 0.3) is 0 Å². The highest BCUT2D eigenvalue weighted by molar-refractivity contribution is 6.40. The fourth-order valence-electron chi connectivity index (χ4n) is 3.23. The molecule has 0 aliphatic rings. The monoisotopic (exact) mass is 472 g/mol. The highest BCUT2D eigenvalue weighted by Crippen LogP contribution is 2.39. The second-order valence-electron chi connectivity index (χ2n) is 6.51. The molecule has 0 unspecified atom stereocenters. The Morgan fingerprint density at radius 1 is 0.968 bits per heavy atom. The number of hydrogen-bond donors (Lipinski definition) is 1. The smallest absolute Gasteiger partial charge is 0.326 e. The first kappa shape index (κ1) is 21.2. The van der Waals surface area contributed by atoms with Gasteiger partial charge in [-0.15, -0.1) is 0 Å². The van der Waals surface area contributed by atoms with Crippen LogP contribution in [-0.4, -0.2) is 23.1 Å². The van der Waals surface area contributed by atoms with E-state index in [0.29, 0.717) is 21.7 Å². The lowest BCUT2D eigenvalue weighted by molar-refractivity contribution is 0.256. The topological polar surface area (TPSA) is 81.3 Å². The summed E-state index contributed by atoms with van der Waals surface area (Å²) in [6.07, 6.45) is 1.58. The number of aromatic nitrogens is 2. The Balaban J connectivity index is 1.89. The van der Waals surface area contributed by atoms with E-state index in [4.69, 9.17) is 45.3 Å². The molecule has 9 heteroatoms. The molecular formula is C22H15Cl3N4O2. The van der Waals surface area contributed by atoms with Gasteiger partial charge >= 0.3 is 6.03 Å². The van der Waals surface area contributed by atoms with E-state index in [-0.39, 0.29) is 21.7 Å². The minimum Gasteiger partial charge on any atom is -0.496 e. The first-order valence-corrected chi connectivity index (χ1v) is 10.2. The lowest BCUT2D eigenvalue weighted by Crippen LogP contribution is -2.33. The summed E-state index contributed by atoms with van der Waals surface area (Å²) in [5, 5.41) is 1.78. The van der Waals surface area contributed by atoms with Crippen LogP contribution in [0.25, 0.3) is 22.0 Å². The minimum absolute atomic E-state index is 0.0301. The zero-order valence-corrected chi connectivity index (χ0v) is 18.4. The molecule has 3 aromatic carbocycles. The first-order valence-electron chi connectivity index (χ1n) is 9.04. The Bertz CT molecular complexity index is 1290. The van der Waals surface area contributed by atoms with E-state index < -0.39 is 6.03 Å². The highest BCUT2D eigenvalue weighted by Gasteiger charge is 2.24. The highest BCUT2D eigenvalue weighted by atomic mass is 35.5. The van der Waals surface area contributed by atoms with E-state index in [0.717, 1.165) is 16.0 Å². The summed E-state index contributed by atoms with van der Waals surface area (Å²) in [4.78, 5) is 22.1. The number of amides is 2. The van der Waals surface area contributed by atoms with Crippen molar-refractivity contribution in [2.45, 2.75) is 0 Å². The van der Waals surface area contributed by atoms with Crippen molar-refractivity contribution in [2.75, 3.05) is 12.0 Å². The first-order chi connectivity index (χ1) is 14.9. The molecule has 0 saturated carbocycles. The third kappa shape index (κ3) is 3.97. The van der Waals surface area contributed by atoms with Gasteiger partial charge in [0.05, 0.1) is 28.4 Å². The Morgan fingerprint density at radius 3 is 2.29 bits per heavy atom. The number of nitrogens with zero attached hydrogens (tertiary/aromatic N) is 3. The fraction of sp³-hybridized carbons (Fsp3) is 0.0455. The summed E-state index contributed by atoms with van der Waals surface area (Å²) < 4.78 is 5.57. The third-order valence-electron chi connectivity index (χ3n) is 4.63. The summed E-state index contributed by atoms with van der Waals surface area (Å²) >= 11 is 18.9. The van der Waals surface area contributed by atoms with Gasteiger partial charge in [-0.1, -0.05) is 59.1 Å². The fourth-order valence-corrected chi connectivity index (χ4v) is 4.03. The van der Waals surface area contributed by atoms with Gasteiger partial charge in [-0.3, -0.25) is 0 Å². The van der Waals surface area contributed by atoms with Crippen LogP contribution in [-0.2, 0) is 0 Å². The van der Waals surface area contributed by atoms with Crippen LogP contribution in [0.3, 0.4) is 0 Å². The van der Waals surface area contributed by atoms with Gasteiger partial charge in [0, 0.05) is 33.8 Å². The lowest BCUT2D eigenvalue weighted by Gasteiger charge is -2.21. The standard InChI is InChI=1S/C22H15Cl3N4O2/c1-31-19-10-18-12(9-14(19)13-5-2-3-6-15(13)23)11-27-22(28-18)29(21(26)30)20-16(24)7-4-8-17(20)25/h2-11H,1H3,(H2,26,30). The average molecular weight is 474 g/mol. The Kier molecular flexibility index (Phi) is 5.87. The molecule has 0 saturated heterocycles. The summed E-state index contributed by atoms with van der Waals surface area (Å²) in [6, 6.07) is 15.1. The number of fused-ring (bicyclic) bond motifs is 1. The summed E-state index contributed by atoms with van der Waals surface area (Å²) in [6.45, 7) is 0. The van der Waals surface area contributed by atoms with E-state index in [1.54, 1.807) is 43.6 Å². The quantitative estimate of drug-likeness (QED) is 0.368. The average Bonchev–Trinajstić information content (AvgIpc) is 2.75. The van der Waals surface area contributed by atoms with Crippen molar-refractivity contribution < 1.29 is 9.53 Å². The van der Waals surface area contributed by atoms with Crippen LogP contribution in [0, 0.1) is 0 Å². The molecule has 0 aliphatic heterocycles. The lowest BCUT2D eigenvalue weighted by atomic mass is 10.0. The molecule has 6 nitrogen and oxygen atoms in total. The minimum atomic E-state index is -0.825. The molecule has 0 bridgehead atoms. The number of carbonyl (C=O) groups is 1. The Morgan fingerprint density at radius 2 is 1.65 bits per heavy atom. The molecule has 156 valence electrons. The van der Waals surface area contributed by atoms with E-state index in [1.165, 1.54) is 0 Å². The predicted molar refractivity (Wildman–Crippen MR) is 125 cm³/mol. The molecule has 0 spiro atoms. The van der Waals surface area contributed by atoms with E-state index in [1.807, 2.05) is 24.3 Å². The van der Waals surface area contributed by atoms with Crippen molar-refractivity contribution in [2.24, 2.45) is 5.73 Å². The van der Waals surface area contributed by atoms with Crippen molar-refractivity contribution in [3.63, 3.8) is 0 Å². The second kappa shape index (κ2) is 8.59. The van der Waals surface area contributed by atoms with E-state index >= 15 is 0 Å². The van der Waals surface area contributed by atoms with Crippen LogP contribution < -0.4 is 15.4 Å². The molecule has 0 atom stereocenters. The number of halogens is 3. The number of methoxy groups -OCH3 is 1. The normalized spacial score (nSPS) is 10.8. The van der Waals surface area contributed by atoms with Crippen molar-refractivity contribution >= 4 is 63.4 Å². The summed E-state index contributed by atoms with van der Waals surface area (Å²) in [7, 11) is 1.56. The number of hydrogen-bond acceptors (Lipinski definition) is 4. The summed E-state index contributed by atoms with van der Waals surface area (Å²) in [5.41, 5.74) is 7.95. The molecule has 31 heavy (non-hydrogen) atoms. The summed E-state index contributed by atoms with van der Waals surface area (Å²) in [5.74, 6) is 0.592. The number of benzene rings is 3. The van der Waals surface area contributed by atoms with Crippen molar-refractivity contribution in [1.82, 2.24) is 9.97 Å². The molecule has 0 radical (unpaired) electrons. The zero-order chi connectivity index (χ0) is 22.1. The van der Waals surface area contributed by atoms with Gasteiger partial charge in [0.2, 0.25) is 5.95 Å². The maximum atomic E-state index is 12.3. The van der Waals surface area contributed by atoms with Gasteiger partial charge in [-0.2, -0.15) is 0 Å². The molecule has 4 aromatic rings. The van der Waals surface area contributed by atoms with Crippen LogP contribution in [0.4, 0.5) is 16.4 Å². The van der Waals surface area contributed by atoms with Gasteiger partial charge in [-0.25, -0.2) is 19.7 Å². The van der Waals surface area contributed by atoms with Crippen LogP contribution in [0.1, 0.15) is 0 Å². The molecular weight excluding hydrogens is 459 g/mol. The molecule has 0 aliphatic carbocycles. The van der Waals surface area contributed by atoms with E-state index in [2.05, 4.69) is 9.97 Å². The molecule has 0 fully saturated rings. The molecule has 2 N–H and O–H groups in total. The number of para-hydroxylation sites is 1. The number of nitrogens with two attached hydrogens (primary N) is 1. The molecule has 1 heterocycles. The maximum Gasteiger partial charge on any atom is 0.326 e. The van der Waals surface area contributed by atoms with Gasteiger partial charge in [0.1, 0.15) is 5.75 Å². The number of urea groups is 1. The maximum absolute atomic E-state index is 12.3. The van der Waals surface area contributed by atoms with Gasteiger partial charge in [-0.05, 0) is 24.3 Å². The van der Waals surface area contributed by atoms with Crippen LogP contribution in [0.5, 0.6) is 5.75 Å². The van der Waals surface area contributed by atoms with E-state index in [9.17, 15) is 4.79 Å². The third-order valence-corrected chi connectivity index (χ3v) is 5.57. The number of primary amides is 1. The largest absolute Gasteiger partial charge is 0.496 e. The van der Waals surface area contributed by atoms with Gasteiger partial charge < -0.3 is 10.5 Å². The Labute approximate surface area is 193 Å². The zero-order valence-electron chi connectivity index (χ0n) is 16.1. The van der Waals surface area contributed by atoms with Crippen LogP contribution in [0.15, 0.2) is 60.8 Å². The molecule has 1 aromatic heterocycles. The van der Waals surface area contributed by atoms with Crippen molar-refractivity contribution in [3.05, 3.63) is 75.9 Å². The number of rotatable bonds is 4. The predicted octanol–water partition coefficient (Wildman–Crippen LogP) is 6.48. The number of anilines is 2. The molecule has 4 rings (SSSR count). The van der Waals surface area contributed by atoms with Gasteiger partial charge in [0.15, 0.2) is 0 Å². The van der Waals surface area contributed by atoms with Crippen LogP contribution >= 0.6 is 34.8 Å². The van der Waals surface area contributed by atoms with Crippen molar-refractivity contribution in [1.29, 1.82) is 0 Å². The SMILES string of the molecule is COc1cc2nc(N(C(N)=O)c3c(Cl)cccc3Cl)ncc2cc1-c1ccccc1Cl. The Hall–Kier alpha value is -3.06. The molecule has 2 amide bonds. The number of ether oxygens (including phenoxy) is 1. The second-order valence-corrected chi connectivity index (χ2v) is 7.73. The van der Waals surface area contributed by atoms with Crippen molar-refractivity contribution in [3.8, 4) is 16.9 Å². The number of carbonyl (C=O) groups excluding carboxylic acids is 1.